The lowest BCUT2D eigenvalue weighted by Gasteiger charge is -2.22. The van der Waals surface area contributed by atoms with E-state index >= 15 is 0 Å². The topological polar surface area (TPSA) is 76.0 Å². The highest BCUT2D eigenvalue weighted by Crippen LogP contribution is 2.53. The van der Waals surface area contributed by atoms with E-state index in [1.165, 1.54) is 14.2 Å². The number of halogens is 1. The van der Waals surface area contributed by atoms with Crippen molar-refractivity contribution in [1.29, 1.82) is 0 Å². The Morgan fingerprint density at radius 2 is 2.10 bits per heavy atom. The molecule has 2 rings (SSSR count). The van der Waals surface area contributed by atoms with Gasteiger partial charge in [0.15, 0.2) is 11.5 Å². The third-order valence-corrected chi connectivity index (χ3v) is 4.19. The van der Waals surface area contributed by atoms with Gasteiger partial charge in [-0.3, -0.25) is 4.79 Å². The molecule has 0 amide bonds. The van der Waals surface area contributed by atoms with Crippen molar-refractivity contribution in [2.45, 2.75) is 25.2 Å². The van der Waals surface area contributed by atoms with E-state index < -0.39 is 5.97 Å². The summed E-state index contributed by atoms with van der Waals surface area (Å²) in [5.74, 6) is 0.0245. The van der Waals surface area contributed by atoms with Gasteiger partial charge in [-0.05, 0) is 34.7 Å². The number of methoxy groups -OCH3 is 2. The molecule has 5 nitrogen and oxygen atoms in total. The Bertz CT molecular complexity index is 525. The summed E-state index contributed by atoms with van der Waals surface area (Å²) in [7, 11) is 2.99. The van der Waals surface area contributed by atoms with Crippen LogP contribution in [0.3, 0.4) is 0 Å². The number of hydrogen-bond acceptors (Lipinski definition) is 4. The maximum Gasteiger partial charge on any atom is 0.303 e. The molecule has 0 bridgehead atoms. The van der Waals surface area contributed by atoms with Crippen molar-refractivity contribution < 1.29 is 24.5 Å². The first-order chi connectivity index (χ1) is 9.49. The SMILES string of the molecule is COc1cc(Br)c(O)c(C(CC(=O)O)C2CC2)c1OC. The summed E-state index contributed by atoms with van der Waals surface area (Å²) >= 11 is 3.27. The van der Waals surface area contributed by atoms with Gasteiger partial charge in [-0.2, -0.15) is 0 Å². The van der Waals surface area contributed by atoms with Crippen LogP contribution < -0.4 is 9.47 Å². The third kappa shape index (κ3) is 2.85. The first kappa shape index (κ1) is 15.0. The minimum absolute atomic E-state index is 0.0285. The molecule has 0 aliphatic heterocycles. The number of carbonyl (C=O) groups is 1. The highest BCUT2D eigenvalue weighted by Gasteiger charge is 2.38. The van der Waals surface area contributed by atoms with Crippen LogP contribution in [0.25, 0.3) is 0 Å². The van der Waals surface area contributed by atoms with Gasteiger partial charge in [-0.1, -0.05) is 0 Å². The van der Waals surface area contributed by atoms with Crippen molar-refractivity contribution in [3.63, 3.8) is 0 Å². The fraction of sp³-hybridized carbons (Fsp3) is 0.500. The smallest absolute Gasteiger partial charge is 0.303 e. The van der Waals surface area contributed by atoms with Crippen molar-refractivity contribution >= 4 is 21.9 Å². The maximum atomic E-state index is 11.1. The molecule has 1 saturated carbocycles. The monoisotopic (exact) mass is 344 g/mol. The molecule has 0 heterocycles. The summed E-state index contributed by atoms with van der Waals surface area (Å²) in [6.45, 7) is 0. The first-order valence-corrected chi connectivity index (χ1v) is 7.14. The third-order valence-electron chi connectivity index (χ3n) is 3.59. The quantitative estimate of drug-likeness (QED) is 0.828. The molecule has 1 atom stereocenters. The zero-order valence-electron chi connectivity index (χ0n) is 11.4. The Balaban J connectivity index is 2.56. The molecule has 0 spiro atoms. The molecule has 6 heteroatoms. The highest BCUT2D eigenvalue weighted by atomic mass is 79.9. The summed E-state index contributed by atoms with van der Waals surface area (Å²) in [6.07, 6.45) is 1.90. The van der Waals surface area contributed by atoms with Gasteiger partial charge in [0, 0.05) is 17.5 Å². The molecule has 1 aliphatic carbocycles. The van der Waals surface area contributed by atoms with E-state index in [4.69, 9.17) is 14.6 Å². The largest absolute Gasteiger partial charge is 0.506 e. The van der Waals surface area contributed by atoms with Gasteiger partial charge in [0.2, 0.25) is 0 Å². The number of carboxylic acid groups (broad SMARTS) is 1. The number of aliphatic carboxylic acids is 1. The van der Waals surface area contributed by atoms with E-state index in [2.05, 4.69) is 15.9 Å². The molecule has 0 saturated heterocycles. The first-order valence-electron chi connectivity index (χ1n) is 6.34. The molecular weight excluding hydrogens is 328 g/mol. The molecule has 20 heavy (non-hydrogen) atoms. The number of phenols is 1. The molecule has 1 aliphatic rings. The van der Waals surface area contributed by atoms with Gasteiger partial charge in [-0.25, -0.2) is 0 Å². The number of hydrogen-bond donors (Lipinski definition) is 2. The number of rotatable bonds is 6. The van der Waals surface area contributed by atoms with Crippen LogP contribution in [0.5, 0.6) is 17.2 Å². The average Bonchev–Trinajstić information content (AvgIpc) is 3.22. The lowest BCUT2D eigenvalue weighted by Crippen LogP contribution is -2.11. The molecule has 1 fully saturated rings. The lowest BCUT2D eigenvalue weighted by molar-refractivity contribution is -0.137. The molecular formula is C14H17BrO5. The van der Waals surface area contributed by atoms with Gasteiger partial charge >= 0.3 is 5.97 Å². The fourth-order valence-electron chi connectivity index (χ4n) is 2.52. The number of phenolic OH excluding ortho intramolecular Hbond substituents is 1. The summed E-state index contributed by atoms with van der Waals surface area (Å²) in [6, 6.07) is 1.61. The number of carboxylic acids is 1. The minimum atomic E-state index is -0.887. The molecule has 1 unspecified atom stereocenters. The van der Waals surface area contributed by atoms with Gasteiger partial charge < -0.3 is 19.7 Å². The molecule has 110 valence electrons. The predicted molar refractivity (Wildman–Crippen MR) is 76.6 cm³/mol. The van der Waals surface area contributed by atoms with Gasteiger partial charge in [0.1, 0.15) is 5.75 Å². The molecule has 2 N–H and O–H groups in total. The van der Waals surface area contributed by atoms with Crippen molar-refractivity contribution in [3.05, 3.63) is 16.1 Å². The fourth-order valence-corrected chi connectivity index (χ4v) is 2.94. The van der Waals surface area contributed by atoms with E-state index in [1.807, 2.05) is 0 Å². The Labute approximate surface area is 125 Å². The summed E-state index contributed by atoms with van der Waals surface area (Å²) < 4.78 is 11.1. The minimum Gasteiger partial charge on any atom is -0.506 e. The maximum absolute atomic E-state index is 11.1. The van der Waals surface area contributed by atoms with Crippen LogP contribution in [-0.2, 0) is 4.79 Å². The van der Waals surface area contributed by atoms with Crippen LogP contribution in [-0.4, -0.2) is 30.4 Å². The Morgan fingerprint density at radius 1 is 1.45 bits per heavy atom. The number of aromatic hydroxyl groups is 1. The van der Waals surface area contributed by atoms with E-state index in [9.17, 15) is 9.90 Å². The van der Waals surface area contributed by atoms with Gasteiger partial charge in [0.05, 0.1) is 25.1 Å². The van der Waals surface area contributed by atoms with E-state index in [0.29, 0.717) is 21.5 Å². The van der Waals surface area contributed by atoms with Crippen LogP contribution in [0.4, 0.5) is 0 Å². The van der Waals surface area contributed by atoms with Crippen LogP contribution in [0.1, 0.15) is 30.7 Å². The number of benzene rings is 1. The Kier molecular flexibility index (Phi) is 4.42. The van der Waals surface area contributed by atoms with Crippen LogP contribution in [0.2, 0.25) is 0 Å². The van der Waals surface area contributed by atoms with Crippen LogP contribution in [0.15, 0.2) is 10.5 Å². The number of ether oxygens (including phenoxy) is 2. The van der Waals surface area contributed by atoms with E-state index in [0.717, 1.165) is 12.8 Å². The summed E-state index contributed by atoms with van der Waals surface area (Å²) in [5.41, 5.74) is 0.517. The standard InChI is InChI=1S/C14H17BrO5/c1-19-10-6-9(15)13(18)12(14(10)20-2)8(5-11(16)17)7-3-4-7/h6-8,18H,3-5H2,1-2H3,(H,16,17). The Hall–Kier alpha value is -1.43. The van der Waals surface area contributed by atoms with Gasteiger partial charge in [-0.15, -0.1) is 0 Å². The second-order valence-corrected chi connectivity index (χ2v) is 5.75. The van der Waals surface area contributed by atoms with Gasteiger partial charge in [0.25, 0.3) is 0 Å². The molecule has 0 aromatic heterocycles. The normalized spacial score (nSPS) is 15.8. The highest BCUT2D eigenvalue weighted by molar-refractivity contribution is 9.10. The second kappa shape index (κ2) is 5.91. The zero-order valence-corrected chi connectivity index (χ0v) is 12.9. The van der Waals surface area contributed by atoms with Crippen molar-refractivity contribution in [2.75, 3.05) is 14.2 Å². The molecule has 1 aromatic carbocycles. The summed E-state index contributed by atoms with van der Waals surface area (Å²) in [5, 5.41) is 19.4. The van der Waals surface area contributed by atoms with Crippen molar-refractivity contribution in [3.8, 4) is 17.2 Å². The van der Waals surface area contributed by atoms with Crippen LogP contribution in [0, 0.1) is 5.92 Å². The van der Waals surface area contributed by atoms with E-state index in [-0.39, 0.29) is 24.0 Å². The lowest BCUT2D eigenvalue weighted by atomic mass is 9.89. The van der Waals surface area contributed by atoms with Crippen LogP contribution >= 0.6 is 15.9 Å². The van der Waals surface area contributed by atoms with Crippen molar-refractivity contribution in [1.82, 2.24) is 0 Å². The summed E-state index contributed by atoms with van der Waals surface area (Å²) in [4.78, 5) is 11.1. The van der Waals surface area contributed by atoms with Crippen molar-refractivity contribution in [2.24, 2.45) is 5.92 Å². The predicted octanol–water partition coefficient (Wildman–Crippen LogP) is 3.14. The van der Waals surface area contributed by atoms with E-state index in [1.54, 1.807) is 6.07 Å². The molecule has 1 aromatic rings. The second-order valence-electron chi connectivity index (χ2n) is 4.90. The zero-order chi connectivity index (χ0) is 14.9. The average molecular weight is 345 g/mol. The Morgan fingerprint density at radius 3 is 2.55 bits per heavy atom. The molecule has 0 radical (unpaired) electrons.